The van der Waals surface area contributed by atoms with Crippen LogP contribution >= 0.6 is 0 Å². The third kappa shape index (κ3) is 3.84. The molecular weight excluding hydrogens is 358 g/mol. The highest BCUT2D eigenvalue weighted by Gasteiger charge is 2.20. The smallest absolute Gasteiger partial charge is 0.263 e. The first-order valence-electron chi connectivity index (χ1n) is 9.56. The van der Waals surface area contributed by atoms with E-state index >= 15 is 0 Å². The van der Waals surface area contributed by atoms with Crippen molar-refractivity contribution in [3.63, 3.8) is 0 Å². The molecule has 0 bridgehead atoms. The first-order chi connectivity index (χ1) is 13.6. The Morgan fingerprint density at radius 3 is 2.96 bits per heavy atom. The molecule has 1 atom stereocenters. The Hall–Kier alpha value is -2.93. The van der Waals surface area contributed by atoms with Gasteiger partial charge in [-0.05, 0) is 43.5 Å². The summed E-state index contributed by atoms with van der Waals surface area (Å²) in [5.41, 5.74) is 2.07. The molecular formula is C21H23N3O4. The van der Waals surface area contributed by atoms with Crippen molar-refractivity contribution in [2.45, 2.75) is 38.8 Å². The Morgan fingerprint density at radius 1 is 1.32 bits per heavy atom. The number of carbonyl (C=O) groups is 1. The van der Waals surface area contributed by atoms with Gasteiger partial charge in [-0.2, -0.15) is 0 Å². The molecule has 1 N–H and O–H groups in total. The molecule has 1 saturated heterocycles. The van der Waals surface area contributed by atoms with Gasteiger partial charge in [-0.15, -0.1) is 0 Å². The zero-order valence-corrected chi connectivity index (χ0v) is 15.8. The lowest BCUT2D eigenvalue weighted by Crippen LogP contribution is -2.36. The van der Waals surface area contributed by atoms with Crippen molar-refractivity contribution in [2.75, 3.05) is 13.2 Å². The molecule has 146 valence electrons. The van der Waals surface area contributed by atoms with Gasteiger partial charge in [-0.3, -0.25) is 9.59 Å². The number of nitrogens with one attached hydrogen (secondary N) is 1. The molecule has 7 nitrogen and oxygen atoms in total. The Balaban J connectivity index is 1.42. The van der Waals surface area contributed by atoms with E-state index in [4.69, 9.17) is 9.15 Å². The van der Waals surface area contributed by atoms with Crippen molar-refractivity contribution < 1.29 is 13.9 Å². The molecule has 1 amide bonds. The molecule has 7 heteroatoms. The predicted octanol–water partition coefficient (Wildman–Crippen LogP) is 2.45. The quantitative estimate of drug-likeness (QED) is 0.709. The van der Waals surface area contributed by atoms with E-state index in [0.29, 0.717) is 31.0 Å². The van der Waals surface area contributed by atoms with Crippen LogP contribution in [-0.2, 0) is 17.7 Å². The molecule has 2 aromatic heterocycles. The molecule has 0 radical (unpaired) electrons. The van der Waals surface area contributed by atoms with Crippen LogP contribution in [0.2, 0.25) is 0 Å². The second-order valence-corrected chi connectivity index (χ2v) is 7.05. The number of rotatable bonds is 6. The molecule has 1 fully saturated rings. The van der Waals surface area contributed by atoms with Gasteiger partial charge in [0.2, 0.25) is 0 Å². The summed E-state index contributed by atoms with van der Waals surface area (Å²) in [6, 6.07) is 9.32. The van der Waals surface area contributed by atoms with Crippen LogP contribution in [0.1, 0.15) is 34.7 Å². The number of hydrogen-bond donors (Lipinski definition) is 1. The molecule has 3 heterocycles. The van der Waals surface area contributed by atoms with Crippen LogP contribution in [0, 0.1) is 6.92 Å². The van der Waals surface area contributed by atoms with Crippen LogP contribution < -0.4 is 10.9 Å². The van der Waals surface area contributed by atoms with Crippen molar-refractivity contribution >= 4 is 17.0 Å². The molecule has 4 rings (SSSR count). The number of aryl methyl sites for hydroxylation is 1. The van der Waals surface area contributed by atoms with Gasteiger partial charge in [0.25, 0.3) is 11.5 Å². The Morgan fingerprint density at radius 2 is 2.18 bits per heavy atom. The van der Waals surface area contributed by atoms with E-state index in [2.05, 4.69) is 10.3 Å². The van der Waals surface area contributed by atoms with Crippen molar-refractivity contribution in [1.82, 2.24) is 14.9 Å². The van der Waals surface area contributed by atoms with Crippen LogP contribution in [0.5, 0.6) is 0 Å². The second kappa shape index (κ2) is 7.98. The van der Waals surface area contributed by atoms with Crippen molar-refractivity contribution in [3.8, 4) is 0 Å². The van der Waals surface area contributed by atoms with E-state index < -0.39 is 0 Å². The summed E-state index contributed by atoms with van der Waals surface area (Å²) in [4.78, 5) is 29.8. The number of hydrogen-bond acceptors (Lipinski definition) is 5. The molecule has 1 aliphatic rings. The largest absolute Gasteiger partial charge is 0.441 e. The molecule has 0 spiro atoms. The number of nitrogens with zero attached hydrogens (tertiary/aromatic N) is 2. The fourth-order valence-electron chi connectivity index (χ4n) is 3.49. The Bertz CT molecular complexity index is 1010. The summed E-state index contributed by atoms with van der Waals surface area (Å²) >= 11 is 0. The second-order valence-electron chi connectivity index (χ2n) is 7.05. The maximum absolute atomic E-state index is 12.8. The highest BCUT2D eigenvalue weighted by Crippen LogP contribution is 2.15. The topological polar surface area (TPSA) is 86.4 Å². The zero-order chi connectivity index (χ0) is 19.5. The van der Waals surface area contributed by atoms with Crippen LogP contribution in [0.3, 0.4) is 0 Å². The number of ether oxygens (including phenoxy) is 1. The van der Waals surface area contributed by atoms with Crippen LogP contribution in [0.25, 0.3) is 11.1 Å². The third-order valence-electron chi connectivity index (χ3n) is 4.99. The van der Waals surface area contributed by atoms with E-state index in [1.54, 1.807) is 23.8 Å². The van der Waals surface area contributed by atoms with Gasteiger partial charge in [-0.25, -0.2) is 4.98 Å². The van der Waals surface area contributed by atoms with Gasteiger partial charge in [0, 0.05) is 25.8 Å². The normalized spacial score (nSPS) is 16.5. The molecule has 3 aromatic rings. The summed E-state index contributed by atoms with van der Waals surface area (Å²) in [6.45, 7) is 3.31. The first-order valence-corrected chi connectivity index (χ1v) is 9.56. The van der Waals surface area contributed by atoms with Gasteiger partial charge in [0.05, 0.1) is 12.6 Å². The number of para-hydroxylation sites is 2. The molecule has 0 aliphatic carbocycles. The average Bonchev–Trinajstić information content (AvgIpc) is 3.33. The first kappa shape index (κ1) is 18.4. The number of fused-ring (bicyclic) bond motifs is 1. The number of benzene rings is 1. The van der Waals surface area contributed by atoms with Crippen LogP contribution in [-0.4, -0.2) is 34.7 Å². The van der Waals surface area contributed by atoms with Gasteiger partial charge in [0.1, 0.15) is 11.1 Å². The van der Waals surface area contributed by atoms with Gasteiger partial charge in [0.15, 0.2) is 11.5 Å². The fraction of sp³-hybridized carbons (Fsp3) is 0.381. The minimum atomic E-state index is -0.375. The Labute approximate surface area is 162 Å². The summed E-state index contributed by atoms with van der Waals surface area (Å²) in [6.07, 6.45) is 4.17. The van der Waals surface area contributed by atoms with Crippen LogP contribution in [0.4, 0.5) is 0 Å². The summed E-state index contributed by atoms with van der Waals surface area (Å²) in [5, 5.41) is 2.81. The van der Waals surface area contributed by atoms with Gasteiger partial charge >= 0.3 is 0 Å². The molecule has 28 heavy (non-hydrogen) atoms. The number of pyridine rings is 1. The summed E-state index contributed by atoms with van der Waals surface area (Å²) in [7, 11) is 0. The lowest BCUT2D eigenvalue weighted by atomic mass is 10.1. The highest BCUT2D eigenvalue weighted by atomic mass is 16.5. The standard InChI is InChI=1S/C21H23N3O4/c1-14-9-11-24(13-15-5-4-12-27-15)21(26)19(14)20(25)22-10-8-18-23-16-6-2-3-7-17(16)28-18/h2-3,6-7,9,11,15H,4-5,8,10,12-13H2,1H3,(H,22,25). The Kier molecular flexibility index (Phi) is 5.25. The number of aromatic nitrogens is 2. The van der Waals surface area contributed by atoms with E-state index in [1.165, 1.54) is 0 Å². The lowest BCUT2D eigenvalue weighted by Gasteiger charge is -2.14. The minimum absolute atomic E-state index is 0.0375. The minimum Gasteiger partial charge on any atom is -0.441 e. The molecule has 1 aliphatic heterocycles. The van der Waals surface area contributed by atoms with E-state index in [1.807, 2.05) is 24.3 Å². The molecule has 1 unspecified atom stereocenters. The zero-order valence-electron chi connectivity index (χ0n) is 15.8. The highest BCUT2D eigenvalue weighted by molar-refractivity contribution is 5.95. The SMILES string of the molecule is Cc1ccn(CC2CCCO2)c(=O)c1C(=O)NCCc1nc2ccccc2o1. The summed E-state index contributed by atoms with van der Waals surface area (Å²) in [5.74, 6) is 0.183. The van der Waals surface area contributed by atoms with Crippen molar-refractivity contribution in [3.05, 3.63) is 63.9 Å². The average molecular weight is 381 g/mol. The van der Waals surface area contributed by atoms with Crippen molar-refractivity contribution in [2.24, 2.45) is 0 Å². The molecule has 0 saturated carbocycles. The van der Waals surface area contributed by atoms with Gasteiger partial charge < -0.3 is 19.0 Å². The third-order valence-corrected chi connectivity index (χ3v) is 4.99. The fourth-order valence-corrected chi connectivity index (χ4v) is 3.49. The maximum atomic E-state index is 12.8. The maximum Gasteiger partial charge on any atom is 0.263 e. The number of amides is 1. The molecule has 1 aromatic carbocycles. The lowest BCUT2D eigenvalue weighted by molar-refractivity contribution is 0.0930. The van der Waals surface area contributed by atoms with E-state index in [9.17, 15) is 9.59 Å². The van der Waals surface area contributed by atoms with Crippen LogP contribution in [0.15, 0.2) is 45.7 Å². The number of carbonyl (C=O) groups excluding carboxylic acids is 1. The van der Waals surface area contributed by atoms with E-state index in [0.717, 1.165) is 30.5 Å². The summed E-state index contributed by atoms with van der Waals surface area (Å²) < 4.78 is 12.8. The van der Waals surface area contributed by atoms with E-state index in [-0.39, 0.29) is 23.1 Å². The van der Waals surface area contributed by atoms with Crippen molar-refractivity contribution in [1.29, 1.82) is 0 Å². The van der Waals surface area contributed by atoms with Gasteiger partial charge in [-0.1, -0.05) is 12.1 Å². The monoisotopic (exact) mass is 381 g/mol. The number of oxazole rings is 1. The predicted molar refractivity (Wildman–Crippen MR) is 104 cm³/mol.